The summed E-state index contributed by atoms with van der Waals surface area (Å²) in [5.41, 5.74) is 2.53. The van der Waals surface area contributed by atoms with E-state index in [1.807, 2.05) is 12.1 Å². The summed E-state index contributed by atoms with van der Waals surface area (Å²) in [7, 11) is -3.83. The normalized spacial score (nSPS) is 19.5. The van der Waals surface area contributed by atoms with Crippen molar-refractivity contribution in [3.8, 4) is 0 Å². The van der Waals surface area contributed by atoms with Crippen molar-refractivity contribution >= 4 is 21.0 Å². The Balaban J connectivity index is 1.80. The van der Waals surface area contributed by atoms with E-state index in [4.69, 9.17) is 4.55 Å². The second kappa shape index (κ2) is 4.65. The fraction of sp³-hybridized carbons (Fsp3) is 0.429. The van der Waals surface area contributed by atoms with Crippen molar-refractivity contribution in [2.24, 2.45) is 5.92 Å². The van der Waals surface area contributed by atoms with E-state index in [9.17, 15) is 8.42 Å². The first-order chi connectivity index (χ1) is 9.03. The summed E-state index contributed by atoms with van der Waals surface area (Å²) in [6.45, 7) is 0.930. The first-order valence-corrected chi connectivity index (χ1v) is 8.16. The van der Waals surface area contributed by atoms with Crippen LogP contribution in [0.15, 0.2) is 30.3 Å². The van der Waals surface area contributed by atoms with Crippen LogP contribution in [0.3, 0.4) is 0 Å². The van der Waals surface area contributed by atoms with E-state index in [2.05, 4.69) is 22.8 Å². The van der Waals surface area contributed by atoms with E-state index >= 15 is 0 Å². The molecule has 1 atom stereocenters. The Kier molecular flexibility index (Phi) is 3.11. The minimum Gasteiger partial charge on any atom is -0.345 e. The van der Waals surface area contributed by atoms with E-state index in [-0.39, 0.29) is 5.75 Å². The molecule has 19 heavy (non-hydrogen) atoms. The predicted octanol–water partition coefficient (Wildman–Crippen LogP) is 2.48. The summed E-state index contributed by atoms with van der Waals surface area (Å²) >= 11 is 0. The smallest absolute Gasteiger partial charge is 0.264 e. The fourth-order valence-corrected chi connectivity index (χ4v) is 3.60. The van der Waals surface area contributed by atoms with Crippen molar-refractivity contribution in [3.05, 3.63) is 36.0 Å². The van der Waals surface area contributed by atoms with Gasteiger partial charge in [-0.25, -0.2) is 0 Å². The van der Waals surface area contributed by atoms with Gasteiger partial charge in [0.15, 0.2) is 0 Å². The molecule has 0 saturated heterocycles. The highest BCUT2D eigenvalue weighted by atomic mass is 32.2. The highest BCUT2D eigenvalue weighted by molar-refractivity contribution is 7.85. The Hall–Kier alpha value is -1.33. The van der Waals surface area contributed by atoms with Crippen molar-refractivity contribution in [1.82, 2.24) is 4.57 Å². The zero-order valence-corrected chi connectivity index (χ0v) is 11.4. The molecule has 1 N–H and O–H groups in total. The van der Waals surface area contributed by atoms with Gasteiger partial charge in [-0.2, -0.15) is 8.42 Å². The third kappa shape index (κ3) is 2.67. The average molecular weight is 279 g/mol. The van der Waals surface area contributed by atoms with Crippen LogP contribution in [0.25, 0.3) is 10.9 Å². The van der Waals surface area contributed by atoms with Gasteiger partial charge in [0.25, 0.3) is 10.1 Å². The number of fused-ring (bicyclic) bond motifs is 3. The van der Waals surface area contributed by atoms with E-state index in [0.717, 1.165) is 19.4 Å². The second-order valence-electron chi connectivity index (χ2n) is 5.28. The molecular weight excluding hydrogens is 262 g/mol. The van der Waals surface area contributed by atoms with Gasteiger partial charge >= 0.3 is 0 Å². The minimum absolute atomic E-state index is 0.127. The number of benzene rings is 1. The molecule has 0 unspecified atom stereocenters. The van der Waals surface area contributed by atoms with Crippen molar-refractivity contribution < 1.29 is 13.0 Å². The molecule has 102 valence electrons. The topological polar surface area (TPSA) is 59.3 Å². The van der Waals surface area contributed by atoms with Crippen LogP contribution in [-0.4, -0.2) is 23.3 Å². The molecule has 2 aromatic rings. The monoisotopic (exact) mass is 279 g/mol. The van der Waals surface area contributed by atoms with E-state index in [0.29, 0.717) is 12.3 Å². The van der Waals surface area contributed by atoms with Crippen LogP contribution in [0, 0.1) is 5.92 Å². The zero-order valence-electron chi connectivity index (χ0n) is 10.6. The minimum atomic E-state index is -3.83. The van der Waals surface area contributed by atoms with Gasteiger partial charge in [-0.15, -0.1) is 0 Å². The molecule has 0 aliphatic carbocycles. The number of hydrogen-bond acceptors (Lipinski definition) is 2. The Morgan fingerprint density at radius 2 is 2.11 bits per heavy atom. The lowest BCUT2D eigenvalue weighted by Gasteiger charge is -2.24. The molecule has 1 aliphatic rings. The summed E-state index contributed by atoms with van der Waals surface area (Å²) in [5.74, 6) is 0.219. The molecule has 0 spiro atoms. The molecule has 0 radical (unpaired) electrons. The molecule has 5 heteroatoms. The number of para-hydroxylation sites is 1. The molecule has 0 saturated carbocycles. The van der Waals surface area contributed by atoms with E-state index < -0.39 is 10.1 Å². The van der Waals surface area contributed by atoms with Gasteiger partial charge in [-0.05, 0) is 42.7 Å². The maximum Gasteiger partial charge on any atom is 0.264 e. The van der Waals surface area contributed by atoms with Crippen molar-refractivity contribution in [3.63, 3.8) is 0 Å². The first-order valence-electron chi connectivity index (χ1n) is 6.55. The molecule has 3 rings (SSSR count). The largest absolute Gasteiger partial charge is 0.345 e. The molecule has 1 aromatic heterocycles. The molecule has 4 nitrogen and oxygen atoms in total. The number of aryl methyl sites for hydroxylation is 1. The van der Waals surface area contributed by atoms with Crippen LogP contribution in [0.1, 0.15) is 18.5 Å². The standard InChI is InChI=1S/C14H17NO3S/c16-19(17,18)8-6-11-5-7-15-13(9-11)10-12-3-1-2-4-14(12)15/h1-4,10-11H,5-9H2,(H,16,17,18)/t11-/m1/s1. The number of rotatable bonds is 3. The quantitative estimate of drug-likeness (QED) is 0.878. The molecular formula is C14H17NO3S. The third-order valence-corrected chi connectivity index (χ3v) is 4.69. The summed E-state index contributed by atoms with van der Waals surface area (Å²) in [5, 5.41) is 1.24. The van der Waals surface area contributed by atoms with Gasteiger partial charge in [0.05, 0.1) is 5.75 Å². The van der Waals surface area contributed by atoms with Crippen LogP contribution in [0.5, 0.6) is 0 Å². The molecule has 0 bridgehead atoms. The Morgan fingerprint density at radius 3 is 2.89 bits per heavy atom. The van der Waals surface area contributed by atoms with E-state index in [1.54, 1.807) is 0 Å². The van der Waals surface area contributed by atoms with Crippen LogP contribution in [0.2, 0.25) is 0 Å². The summed E-state index contributed by atoms with van der Waals surface area (Å²) in [6.07, 6.45) is 2.41. The van der Waals surface area contributed by atoms with E-state index in [1.165, 1.54) is 16.6 Å². The maximum atomic E-state index is 10.8. The van der Waals surface area contributed by atoms with Gasteiger partial charge in [0.1, 0.15) is 0 Å². The van der Waals surface area contributed by atoms with Crippen LogP contribution < -0.4 is 0 Å². The molecule has 1 aromatic carbocycles. The van der Waals surface area contributed by atoms with Crippen LogP contribution >= 0.6 is 0 Å². The first kappa shape index (κ1) is 12.7. The van der Waals surface area contributed by atoms with Crippen LogP contribution in [-0.2, 0) is 23.1 Å². The predicted molar refractivity (Wildman–Crippen MR) is 74.8 cm³/mol. The van der Waals surface area contributed by atoms with Crippen molar-refractivity contribution in [2.75, 3.05) is 5.75 Å². The molecule has 0 fully saturated rings. The average Bonchev–Trinajstić information content (AvgIpc) is 2.73. The lowest BCUT2D eigenvalue weighted by Crippen LogP contribution is -2.21. The van der Waals surface area contributed by atoms with Gasteiger partial charge in [-0.1, -0.05) is 18.2 Å². The van der Waals surface area contributed by atoms with Crippen molar-refractivity contribution in [1.29, 1.82) is 0 Å². The highest BCUT2D eigenvalue weighted by Crippen LogP contribution is 2.29. The Labute approximate surface area is 112 Å². The Bertz CT molecular complexity index is 703. The second-order valence-corrected chi connectivity index (χ2v) is 6.85. The summed E-state index contributed by atoms with van der Waals surface area (Å²) < 4.78 is 32.8. The fourth-order valence-electron chi connectivity index (χ4n) is 2.97. The molecule has 0 amide bonds. The number of hydrogen-bond donors (Lipinski definition) is 1. The summed E-state index contributed by atoms with van der Waals surface area (Å²) in [6, 6.07) is 10.5. The SMILES string of the molecule is O=S(=O)(O)CC[C@H]1CCn2c(cc3ccccc32)C1. The maximum absolute atomic E-state index is 10.8. The van der Waals surface area contributed by atoms with Crippen LogP contribution in [0.4, 0.5) is 0 Å². The molecule has 2 heterocycles. The number of nitrogens with zero attached hydrogens (tertiary/aromatic N) is 1. The summed E-state index contributed by atoms with van der Waals surface area (Å²) in [4.78, 5) is 0. The highest BCUT2D eigenvalue weighted by Gasteiger charge is 2.21. The Morgan fingerprint density at radius 1 is 1.32 bits per heavy atom. The zero-order chi connectivity index (χ0) is 13.5. The number of aromatic nitrogens is 1. The van der Waals surface area contributed by atoms with Gasteiger partial charge in [-0.3, -0.25) is 4.55 Å². The van der Waals surface area contributed by atoms with Crippen molar-refractivity contribution in [2.45, 2.75) is 25.8 Å². The van der Waals surface area contributed by atoms with Gasteiger partial charge < -0.3 is 4.57 Å². The third-order valence-electron chi connectivity index (χ3n) is 3.94. The van der Waals surface area contributed by atoms with Gasteiger partial charge in [0.2, 0.25) is 0 Å². The lowest BCUT2D eigenvalue weighted by atomic mass is 9.94. The van der Waals surface area contributed by atoms with Gasteiger partial charge in [0, 0.05) is 17.8 Å². The lowest BCUT2D eigenvalue weighted by molar-refractivity contribution is 0.379. The molecule has 1 aliphatic heterocycles.